The van der Waals surface area contributed by atoms with Gasteiger partial charge in [0.1, 0.15) is 5.75 Å². The number of aromatic nitrogens is 1. The van der Waals surface area contributed by atoms with Crippen molar-refractivity contribution in [3.63, 3.8) is 0 Å². The molecule has 1 saturated heterocycles. The van der Waals surface area contributed by atoms with Gasteiger partial charge in [0, 0.05) is 51.1 Å². The third-order valence-electron chi connectivity index (χ3n) is 4.63. The number of benzene rings is 1. The van der Waals surface area contributed by atoms with Crippen LogP contribution in [-0.4, -0.2) is 42.9 Å². The minimum Gasteiger partial charge on any atom is -0.496 e. The van der Waals surface area contributed by atoms with Crippen molar-refractivity contribution >= 4 is 0 Å². The lowest BCUT2D eigenvalue weighted by Gasteiger charge is -2.38. The number of rotatable bonds is 5. The SMILES string of the molecule is COc1cc(-c2cc(C)c(=O)n(C)c2)ccc1CN1CC(OC)C1. The average Bonchev–Trinajstić information content (AvgIpc) is 2.55. The highest BCUT2D eigenvalue weighted by Crippen LogP contribution is 2.29. The lowest BCUT2D eigenvalue weighted by atomic mass is 10.0. The van der Waals surface area contributed by atoms with Crippen molar-refractivity contribution in [2.24, 2.45) is 7.05 Å². The second-order valence-electron chi connectivity index (χ2n) is 6.41. The number of aryl methyl sites for hydroxylation is 2. The summed E-state index contributed by atoms with van der Waals surface area (Å²) in [5.41, 5.74) is 4.00. The molecule has 1 aromatic carbocycles. The Morgan fingerprint density at radius 1 is 1.17 bits per heavy atom. The summed E-state index contributed by atoms with van der Waals surface area (Å²) in [7, 11) is 5.23. The largest absolute Gasteiger partial charge is 0.496 e. The van der Waals surface area contributed by atoms with Crippen LogP contribution in [0, 0.1) is 6.92 Å². The number of pyridine rings is 1. The third kappa shape index (κ3) is 3.23. The summed E-state index contributed by atoms with van der Waals surface area (Å²) >= 11 is 0. The molecule has 0 radical (unpaired) electrons. The predicted molar refractivity (Wildman–Crippen MR) is 94.5 cm³/mol. The fraction of sp³-hybridized carbons (Fsp3) is 0.421. The zero-order chi connectivity index (χ0) is 17.3. The number of ether oxygens (including phenoxy) is 2. The van der Waals surface area contributed by atoms with Crippen molar-refractivity contribution in [3.8, 4) is 16.9 Å². The molecule has 1 aliphatic rings. The normalized spacial score (nSPS) is 15.3. The monoisotopic (exact) mass is 328 g/mol. The molecule has 2 heterocycles. The summed E-state index contributed by atoms with van der Waals surface area (Å²) in [5.74, 6) is 0.875. The van der Waals surface area contributed by atoms with Crippen molar-refractivity contribution in [2.75, 3.05) is 27.3 Å². The topological polar surface area (TPSA) is 43.7 Å². The molecule has 0 aliphatic carbocycles. The third-order valence-corrected chi connectivity index (χ3v) is 4.63. The Bertz CT molecular complexity index is 765. The second-order valence-corrected chi connectivity index (χ2v) is 6.41. The van der Waals surface area contributed by atoms with Gasteiger partial charge in [0.05, 0.1) is 13.2 Å². The van der Waals surface area contributed by atoms with E-state index in [0.717, 1.165) is 47.6 Å². The Labute approximate surface area is 142 Å². The molecule has 2 aromatic rings. The Morgan fingerprint density at radius 3 is 2.54 bits per heavy atom. The number of methoxy groups -OCH3 is 2. The van der Waals surface area contributed by atoms with E-state index in [-0.39, 0.29) is 5.56 Å². The van der Waals surface area contributed by atoms with Gasteiger partial charge in [-0.1, -0.05) is 12.1 Å². The van der Waals surface area contributed by atoms with Crippen LogP contribution in [0.4, 0.5) is 0 Å². The van der Waals surface area contributed by atoms with Gasteiger partial charge < -0.3 is 14.0 Å². The number of likely N-dealkylation sites (tertiary alicyclic amines) is 1. The Balaban J connectivity index is 1.85. The lowest BCUT2D eigenvalue weighted by Crippen LogP contribution is -2.50. The molecule has 1 fully saturated rings. The zero-order valence-electron chi connectivity index (χ0n) is 14.7. The maximum Gasteiger partial charge on any atom is 0.253 e. The van der Waals surface area contributed by atoms with Crippen LogP contribution < -0.4 is 10.3 Å². The molecule has 0 atom stereocenters. The van der Waals surface area contributed by atoms with Crippen molar-refractivity contribution in [2.45, 2.75) is 19.6 Å². The zero-order valence-corrected chi connectivity index (χ0v) is 14.7. The van der Waals surface area contributed by atoms with Crippen LogP contribution in [0.3, 0.4) is 0 Å². The van der Waals surface area contributed by atoms with Crippen LogP contribution in [0.1, 0.15) is 11.1 Å². The first kappa shape index (κ1) is 16.7. The molecule has 3 rings (SSSR count). The summed E-state index contributed by atoms with van der Waals surface area (Å²) < 4.78 is 12.5. The van der Waals surface area contributed by atoms with Gasteiger partial charge in [-0.05, 0) is 30.2 Å². The van der Waals surface area contributed by atoms with Gasteiger partial charge in [0.15, 0.2) is 0 Å². The molecule has 0 unspecified atom stereocenters. The summed E-state index contributed by atoms with van der Waals surface area (Å²) in [6.45, 7) is 4.62. The highest BCUT2D eigenvalue weighted by molar-refractivity contribution is 5.66. The first-order chi connectivity index (χ1) is 11.5. The molecule has 0 bridgehead atoms. The molecule has 5 nitrogen and oxygen atoms in total. The Hall–Kier alpha value is -2.11. The van der Waals surface area contributed by atoms with Crippen molar-refractivity contribution in [1.29, 1.82) is 0 Å². The van der Waals surface area contributed by atoms with Gasteiger partial charge in [0.2, 0.25) is 0 Å². The van der Waals surface area contributed by atoms with E-state index in [4.69, 9.17) is 9.47 Å². The van der Waals surface area contributed by atoms with Crippen LogP contribution in [0.2, 0.25) is 0 Å². The van der Waals surface area contributed by atoms with Crippen molar-refractivity contribution in [1.82, 2.24) is 9.47 Å². The average molecular weight is 328 g/mol. The fourth-order valence-corrected chi connectivity index (χ4v) is 3.13. The lowest BCUT2D eigenvalue weighted by molar-refractivity contribution is -0.0336. The van der Waals surface area contributed by atoms with E-state index in [1.807, 2.05) is 25.3 Å². The van der Waals surface area contributed by atoms with Gasteiger partial charge in [-0.3, -0.25) is 9.69 Å². The number of hydrogen-bond donors (Lipinski definition) is 0. The van der Waals surface area contributed by atoms with Crippen LogP contribution in [0.25, 0.3) is 11.1 Å². The standard InChI is InChI=1S/C19H24N2O3/c1-13-7-16(9-20(2)19(13)22)14-5-6-15(18(8-14)24-4)10-21-11-17(12-21)23-3/h5-9,17H,10-12H2,1-4H3. The highest BCUT2D eigenvalue weighted by Gasteiger charge is 2.26. The summed E-state index contributed by atoms with van der Waals surface area (Å²) in [5, 5.41) is 0. The molecule has 5 heteroatoms. The minimum atomic E-state index is 0.0350. The van der Waals surface area contributed by atoms with Crippen LogP contribution in [-0.2, 0) is 18.3 Å². The maximum atomic E-state index is 11.9. The molecule has 128 valence electrons. The van der Waals surface area contributed by atoms with Crippen LogP contribution in [0.5, 0.6) is 5.75 Å². The minimum absolute atomic E-state index is 0.0350. The molecule has 1 aromatic heterocycles. The Kier molecular flexibility index (Phi) is 4.73. The van der Waals surface area contributed by atoms with E-state index < -0.39 is 0 Å². The second kappa shape index (κ2) is 6.79. The first-order valence-electron chi connectivity index (χ1n) is 8.11. The van der Waals surface area contributed by atoms with Crippen molar-refractivity contribution in [3.05, 3.63) is 51.9 Å². The molecular weight excluding hydrogens is 304 g/mol. The van der Waals surface area contributed by atoms with E-state index in [9.17, 15) is 4.79 Å². The molecule has 0 saturated carbocycles. The summed E-state index contributed by atoms with van der Waals surface area (Å²) in [4.78, 5) is 14.2. The van der Waals surface area contributed by atoms with Gasteiger partial charge in [-0.15, -0.1) is 0 Å². The first-order valence-corrected chi connectivity index (χ1v) is 8.11. The fourth-order valence-electron chi connectivity index (χ4n) is 3.13. The molecule has 0 amide bonds. The molecule has 1 aliphatic heterocycles. The van der Waals surface area contributed by atoms with Crippen LogP contribution >= 0.6 is 0 Å². The van der Waals surface area contributed by atoms with Gasteiger partial charge in [0.25, 0.3) is 5.56 Å². The molecule has 24 heavy (non-hydrogen) atoms. The smallest absolute Gasteiger partial charge is 0.253 e. The van der Waals surface area contributed by atoms with E-state index in [1.165, 1.54) is 0 Å². The van der Waals surface area contributed by atoms with E-state index >= 15 is 0 Å². The van der Waals surface area contributed by atoms with E-state index in [2.05, 4.69) is 17.0 Å². The quantitative estimate of drug-likeness (QED) is 0.844. The number of hydrogen-bond acceptors (Lipinski definition) is 4. The highest BCUT2D eigenvalue weighted by atomic mass is 16.5. The predicted octanol–water partition coefficient (Wildman–Crippen LogP) is 2.20. The number of nitrogens with zero attached hydrogens (tertiary/aromatic N) is 2. The van der Waals surface area contributed by atoms with Gasteiger partial charge in [-0.2, -0.15) is 0 Å². The summed E-state index contributed by atoms with van der Waals surface area (Å²) in [6, 6.07) is 8.16. The molecule has 0 N–H and O–H groups in total. The molecule has 0 spiro atoms. The van der Waals surface area contributed by atoms with E-state index in [0.29, 0.717) is 6.10 Å². The molecular formula is C19H24N2O3. The van der Waals surface area contributed by atoms with Crippen molar-refractivity contribution < 1.29 is 9.47 Å². The van der Waals surface area contributed by atoms with Gasteiger partial charge in [-0.25, -0.2) is 0 Å². The van der Waals surface area contributed by atoms with Gasteiger partial charge >= 0.3 is 0 Å². The Morgan fingerprint density at radius 2 is 1.92 bits per heavy atom. The maximum absolute atomic E-state index is 11.9. The van der Waals surface area contributed by atoms with E-state index in [1.54, 1.807) is 25.8 Å². The van der Waals surface area contributed by atoms with Crippen LogP contribution in [0.15, 0.2) is 35.3 Å². The summed E-state index contributed by atoms with van der Waals surface area (Å²) in [6.07, 6.45) is 2.21.